The average molecular weight is 446 g/mol. The molecule has 176 valence electrons. The van der Waals surface area contributed by atoms with E-state index in [2.05, 4.69) is 19.6 Å². The van der Waals surface area contributed by atoms with Crippen molar-refractivity contribution in [2.24, 2.45) is 5.92 Å². The van der Waals surface area contributed by atoms with Gasteiger partial charge in [0, 0.05) is 25.5 Å². The molecule has 0 radical (unpaired) electrons. The molecule has 2 aliphatic rings. The van der Waals surface area contributed by atoms with Crippen LogP contribution in [-0.2, 0) is 16.0 Å². The second-order valence-corrected chi connectivity index (χ2v) is 9.50. The molecule has 0 aromatic carbocycles. The highest BCUT2D eigenvalue weighted by Crippen LogP contribution is 2.31. The topological polar surface area (TPSA) is 56.7 Å². The predicted molar refractivity (Wildman–Crippen MR) is 110 cm³/mol. The van der Waals surface area contributed by atoms with E-state index in [-0.39, 0.29) is 5.60 Å². The maximum absolute atomic E-state index is 12.6. The van der Waals surface area contributed by atoms with Gasteiger partial charge in [-0.15, -0.1) is 13.2 Å². The minimum absolute atomic E-state index is 0.344. The molecule has 1 saturated carbocycles. The summed E-state index contributed by atoms with van der Waals surface area (Å²) in [4.78, 5) is 11.1. The van der Waals surface area contributed by atoms with Gasteiger partial charge in [-0.05, 0) is 65.5 Å². The third kappa shape index (κ3) is 8.20. The van der Waals surface area contributed by atoms with E-state index in [0.717, 1.165) is 44.5 Å². The summed E-state index contributed by atoms with van der Waals surface area (Å²) in [6, 6.07) is 0. The fraction of sp³-hybridized carbons (Fsp3) is 0.818. The Morgan fingerprint density at radius 1 is 0.968 bits per heavy atom. The van der Waals surface area contributed by atoms with E-state index >= 15 is 0 Å². The molecule has 2 atom stereocenters. The van der Waals surface area contributed by atoms with Crippen LogP contribution in [0.3, 0.4) is 0 Å². The summed E-state index contributed by atoms with van der Waals surface area (Å²) in [6.45, 7) is 8.85. The number of ether oxygens (including phenoxy) is 3. The molecular weight excluding hydrogens is 411 g/mol. The lowest BCUT2D eigenvalue weighted by Crippen LogP contribution is -2.40. The highest BCUT2D eigenvalue weighted by atomic mass is 19.4. The molecule has 2 unspecified atom stereocenters. The van der Waals surface area contributed by atoms with Gasteiger partial charge in [-0.1, -0.05) is 12.8 Å². The molecule has 9 heteroatoms. The van der Waals surface area contributed by atoms with Gasteiger partial charge in [0.05, 0.1) is 12.2 Å². The number of hydrogen-bond donors (Lipinski definition) is 0. The summed E-state index contributed by atoms with van der Waals surface area (Å²) < 4.78 is 54.1. The summed E-state index contributed by atoms with van der Waals surface area (Å²) in [7, 11) is 0. The largest absolute Gasteiger partial charge is 0.522 e. The van der Waals surface area contributed by atoms with E-state index in [9.17, 15) is 13.2 Å². The Morgan fingerprint density at radius 2 is 1.61 bits per heavy atom. The summed E-state index contributed by atoms with van der Waals surface area (Å²) in [6.07, 6.45) is 1.90. The molecule has 0 N–H and O–H groups in total. The molecule has 2 fully saturated rings. The van der Waals surface area contributed by atoms with E-state index in [1.807, 2.05) is 20.8 Å². The van der Waals surface area contributed by atoms with E-state index in [1.165, 1.54) is 0 Å². The van der Waals surface area contributed by atoms with Crippen LogP contribution in [0.4, 0.5) is 13.2 Å². The third-order valence-electron chi connectivity index (χ3n) is 5.69. The third-order valence-corrected chi connectivity index (χ3v) is 5.69. The summed E-state index contributed by atoms with van der Waals surface area (Å²) in [5, 5.41) is 0. The Balaban J connectivity index is 1.45. The molecule has 31 heavy (non-hydrogen) atoms. The van der Waals surface area contributed by atoms with Gasteiger partial charge in [0.2, 0.25) is 5.88 Å². The average Bonchev–Trinajstić information content (AvgIpc) is 2.68. The first-order valence-electron chi connectivity index (χ1n) is 11.2. The van der Waals surface area contributed by atoms with Crippen LogP contribution in [0.15, 0.2) is 12.4 Å². The molecule has 6 nitrogen and oxygen atoms in total. The molecule has 1 aliphatic carbocycles. The maximum atomic E-state index is 12.6. The lowest BCUT2D eigenvalue weighted by Gasteiger charge is -2.35. The first-order valence-corrected chi connectivity index (χ1v) is 11.2. The molecular formula is C22H34F3N3O3. The first-order chi connectivity index (χ1) is 14.6. The van der Waals surface area contributed by atoms with Crippen molar-refractivity contribution in [1.29, 1.82) is 0 Å². The Morgan fingerprint density at radius 3 is 2.26 bits per heavy atom. The zero-order valence-corrected chi connectivity index (χ0v) is 18.7. The number of aromatic nitrogens is 2. The molecule has 1 aromatic rings. The molecule has 0 bridgehead atoms. The second kappa shape index (κ2) is 10.4. The smallest absolute Gasteiger partial charge is 0.471 e. The standard InChI is InChI=1S/C22H34F3N3O3/c1-21(2,3)31-20-17(26-10-11-27-20)14-28-12-8-16(9-13-28)15-29-18-6-4-5-7-19(18)30-22(23,24)25/h10-11,16,18-19H,4-9,12-15H2,1-3H3. The van der Waals surface area contributed by atoms with Gasteiger partial charge >= 0.3 is 6.36 Å². The molecule has 1 saturated heterocycles. The summed E-state index contributed by atoms with van der Waals surface area (Å²) in [5.41, 5.74) is 0.475. The van der Waals surface area contributed by atoms with Crippen molar-refractivity contribution in [2.45, 2.75) is 90.0 Å². The first kappa shape index (κ1) is 24.2. The number of rotatable bonds is 7. The van der Waals surface area contributed by atoms with Crippen LogP contribution < -0.4 is 4.74 Å². The SMILES string of the molecule is CC(C)(C)Oc1nccnc1CN1CCC(COC2CCCCC2OC(F)(F)F)CC1. The van der Waals surface area contributed by atoms with E-state index in [4.69, 9.17) is 9.47 Å². The van der Waals surface area contributed by atoms with Crippen molar-refractivity contribution < 1.29 is 27.4 Å². The molecule has 1 aliphatic heterocycles. The zero-order valence-electron chi connectivity index (χ0n) is 18.7. The second-order valence-electron chi connectivity index (χ2n) is 9.50. The minimum Gasteiger partial charge on any atom is -0.471 e. The number of nitrogens with zero attached hydrogens (tertiary/aromatic N) is 3. The van der Waals surface area contributed by atoms with Crippen molar-refractivity contribution in [1.82, 2.24) is 14.9 Å². The number of hydrogen-bond acceptors (Lipinski definition) is 6. The Hall–Kier alpha value is -1.45. The number of halogens is 3. The highest BCUT2D eigenvalue weighted by molar-refractivity contribution is 5.18. The monoisotopic (exact) mass is 445 g/mol. The fourth-order valence-electron chi connectivity index (χ4n) is 4.18. The number of likely N-dealkylation sites (tertiary alicyclic amines) is 1. The van der Waals surface area contributed by atoms with E-state index < -0.39 is 18.6 Å². The minimum atomic E-state index is -4.61. The van der Waals surface area contributed by atoms with Crippen molar-refractivity contribution in [2.75, 3.05) is 19.7 Å². The van der Waals surface area contributed by atoms with Crippen LogP contribution in [0.25, 0.3) is 0 Å². The zero-order chi connectivity index (χ0) is 22.5. The van der Waals surface area contributed by atoms with Crippen molar-refractivity contribution in [3.8, 4) is 5.88 Å². The van der Waals surface area contributed by atoms with Gasteiger partial charge in [-0.2, -0.15) is 0 Å². The Labute approximate surface area is 182 Å². The van der Waals surface area contributed by atoms with Gasteiger partial charge in [0.15, 0.2) is 0 Å². The summed E-state index contributed by atoms with van der Waals surface area (Å²) in [5.74, 6) is 0.908. The molecule has 0 spiro atoms. The lowest BCUT2D eigenvalue weighted by molar-refractivity contribution is -0.355. The number of piperidine rings is 1. The number of alkyl halides is 3. The van der Waals surface area contributed by atoms with Crippen LogP contribution in [0.1, 0.15) is 65.0 Å². The van der Waals surface area contributed by atoms with E-state index in [1.54, 1.807) is 12.4 Å². The molecule has 1 aromatic heterocycles. The van der Waals surface area contributed by atoms with Crippen molar-refractivity contribution in [3.05, 3.63) is 18.1 Å². The quantitative estimate of drug-likeness (QED) is 0.605. The van der Waals surface area contributed by atoms with Gasteiger partial charge in [-0.3, -0.25) is 14.6 Å². The Bertz CT molecular complexity index is 689. The van der Waals surface area contributed by atoms with Crippen LogP contribution >= 0.6 is 0 Å². The van der Waals surface area contributed by atoms with Crippen molar-refractivity contribution >= 4 is 0 Å². The van der Waals surface area contributed by atoms with Crippen LogP contribution in [-0.4, -0.2) is 58.7 Å². The normalized spacial score (nSPS) is 24.3. The van der Waals surface area contributed by atoms with E-state index in [0.29, 0.717) is 37.8 Å². The molecule has 0 amide bonds. The van der Waals surface area contributed by atoms with Gasteiger partial charge in [0.1, 0.15) is 11.3 Å². The summed E-state index contributed by atoms with van der Waals surface area (Å²) >= 11 is 0. The van der Waals surface area contributed by atoms with Gasteiger partial charge in [0.25, 0.3) is 0 Å². The highest BCUT2D eigenvalue weighted by Gasteiger charge is 2.38. The van der Waals surface area contributed by atoms with Crippen LogP contribution in [0, 0.1) is 5.92 Å². The Kier molecular flexibility index (Phi) is 8.15. The predicted octanol–water partition coefficient (Wildman–Crippen LogP) is 4.73. The lowest BCUT2D eigenvalue weighted by atomic mass is 9.93. The molecule has 2 heterocycles. The van der Waals surface area contributed by atoms with Gasteiger partial charge in [-0.25, -0.2) is 4.98 Å². The van der Waals surface area contributed by atoms with Crippen molar-refractivity contribution in [3.63, 3.8) is 0 Å². The fourth-order valence-corrected chi connectivity index (χ4v) is 4.18. The maximum Gasteiger partial charge on any atom is 0.522 e. The van der Waals surface area contributed by atoms with Crippen LogP contribution in [0.5, 0.6) is 5.88 Å². The van der Waals surface area contributed by atoms with Gasteiger partial charge < -0.3 is 9.47 Å². The van der Waals surface area contributed by atoms with Crippen LogP contribution in [0.2, 0.25) is 0 Å². The molecule has 3 rings (SSSR count).